The van der Waals surface area contributed by atoms with Crippen molar-refractivity contribution in [3.05, 3.63) is 30.1 Å². The minimum Gasteiger partial charge on any atom is -0.335 e. The Bertz CT molecular complexity index is 587. The first-order valence-electron chi connectivity index (χ1n) is 8.25. The summed E-state index contributed by atoms with van der Waals surface area (Å²) in [5.74, 6) is -0.472. The molecule has 2 N–H and O–H groups in total. The summed E-state index contributed by atoms with van der Waals surface area (Å²) in [5, 5.41) is 5.85. The first-order valence-corrected chi connectivity index (χ1v) is 8.25. The number of hydrogen-bond donors (Lipinski definition) is 2. The van der Waals surface area contributed by atoms with E-state index >= 15 is 0 Å². The average Bonchev–Trinajstić information content (AvgIpc) is 2.88. The van der Waals surface area contributed by atoms with E-state index in [0.717, 1.165) is 25.7 Å². The minimum absolute atomic E-state index is 0.0985. The lowest BCUT2D eigenvalue weighted by Gasteiger charge is -2.24. The molecule has 1 aliphatic heterocycles. The Labute approximate surface area is 135 Å². The van der Waals surface area contributed by atoms with Gasteiger partial charge in [0.1, 0.15) is 5.82 Å². The van der Waals surface area contributed by atoms with E-state index in [4.69, 9.17) is 0 Å². The molecule has 124 valence electrons. The number of benzene rings is 1. The van der Waals surface area contributed by atoms with Crippen molar-refractivity contribution in [3.63, 3.8) is 0 Å². The first-order chi connectivity index (χ1) is 11.1. The Morgan fingerprint density at radius 2 is 1.87 bits per heavy atom. The lowest BCUT2D eigenvalue weighted by molar-refractivity contribution is -0.117. The predicted octanol–water partition coefficient (Wildman–Crippen LogP) is 2.56. The number of hydrogen-bond acceptors (Lipinski definition) is 2. The summed E-state index contributed by atoms with van der Waals surface area (Å²) in [6.45, 7) is 0.375. The fourth-order valence-corrected chi connectivity index (χ4v) is 3.36. The largest absolute Gasteiger partial charge is 0.335 e. The van der Waals surface area contributed by atoms with Gasteiger partial charge < -0.3 is 15.5 Å². The number of rotatable bonds is 3. The molecule has 3 rings (SSSR count). The molecule has 2 fully saturated rings. The zero-order valence-electron chi connectivity index (χ0n) is 13.1. The molecule has 1 aliphatic carbocycles. The molecular formula is C17H22FN3O2. The van der Waals surface area contributed by atoms with Gasteiger partial charge in [-0.1, -0.05) is 25.3 Å². The molecule has 1 saturated heterocycles. The number of halogens is 1. The Hall–Kier alpha value is -2.11. The molecule has 0 aromatic heterocycles. The van der Waals surface area contributed by atoms with Crippen LogP contribution in [0, 0.1) is 5.82 Å². The van der Waals surface area contributed by atoms with Gasteiger partial charge in [0.25, 0.3) is 0 Å². The standard InChI is InChI=1S/C17H22FN3O2/c18-12-5-4-8-15(9-12)21-11-14(10-16(21)22)20-17(23)19-13-6-2-1-3-7-13/h4-5,8-9,13-14H,1-3,6-7,10-11H2,(H2,19,20,23). The smallest absolute Gasteiger partial charge is 0.315 e. The Morgan fingerprint density at radius 1 is 1.13 bits per heavy atom. The van der Waals surface area contributed by atoms with Gasteiger partial charge in [0, 0.05) is 24.7 Å². The van der Waals surface area contributed by atoms with Crippen LogP contribution in [0.5, 0.6) is 0 Å². The van der Waals surface area contributed by atoms with Gasteiger partial charge in [-0.15, -0.1) is 0 Å². The molecule has 3 amide bonds. The Balaban J connectivity index is 1.54. The number of urea groups is 1. The van der Waals surface area contributed by atoms with Crippen LogP contribution in [0.15, 0.2) is 24.3 Å². The highest BCUT2D eigenvalue weighted by Crippen LogP contribution is 2.22. The van der Waals surface area contributed by atoms with Gasteiger partial charge in [-0.25, -0.2) is 9.18 Å². The molecule has 0 radical (unpaired) electrons. The van der Waals surface area contributed by atoms with Crippen molar-refractivity contribution in [2.45, 2.75) is 50.6 Å². The van der Waals surface area contributed by atoms with Crippen LogP contribution in [-0.4, -0.2) is 30.6 Å². The fourth-order valence-electron chi connectivity index (χ4n) is 3.36. The van der Waals surface area contributed by atoms with E-state index in [0.29, 0.717) is 12.2 Å². The highest BCUT2D eigenvalue weighted by atomic mass is 19.1. The van der Waals surface area contributed by atoms with Crippen molar-refractivity contribution >= 4 is 17.6 Å². The molecule has 1 aromatic rings. The van der Waals surface area contributed by atoms with Crippen LogP contribution in [0.2, 0.25) is 0 Å². The van der Waals surface area contributed by atoms with E-state index in [1.807, 2.05) is 0 Å². The van der Waals surface area contributed by atoms with Gasteiger partial charge in [-0.3, -0.25) is 4.79 Å². The van der Waals surface area contributed by atoms with Gasteiger partial charge >= 0.3 is 6.03 Å². The summed E-state index contributed by atoms with van der Waals surface area (Å²) >= 11 is 0. The van der Waals surface area contributed by atoms with Crippen LogP contribution in [-0.2, 0) is 4.79 Å². The third-order valence-corrected chi connectivity index (χ3v) is 4.52. The third kappa shape index (κ3) is 4.00. The molecule has 1 saturated carbocycles. The molecular weight excluding hydrogens is 297 g/mol. The maximum Gasteiger partial charge on any atom is 0.315 e. The first kappa shape index (κ1) is 15.8. The molecule has 2 aliphatic rings. The second-order valence-electron chi connectivity index (χ2n) is 6.34. The molecule has 1 unspecified atom stereocenters. The molecule has 1 atom stereocenters. The predicted molar refractivity (Wildman–Crippen MR) is 85.7 cm³/mol. The summed E-state index contributed by atoms with van der Waals surface area (Å²) in [4.78, 5) is 25.7. The maximum atomic E-state index is 13.3. The molecule has 6 heteroatoms. The van der Waals surface area contributed by atoms with E-state index in [2.05, 4.69) is 10.6 Å². The summed E-state index contributed by atoms with van der Waals surface area (Å²) in [5.41, 5.74) is 0.534. The zero-order valence-corrected chi connectivity index (χ0v) is 13.1. The second-order valence-corrected chi connectivity index (χ2v) is 6.34. The second kappa shape index (κ2) is 6.98. The number of anilines is 1. The molecule has 0 spiro atoms. The van der Waals surface area contributed by atoms with Gasteiger partial charge in [0.2, 0.25) is 5.91 Å². The van der Waals surface area contributed by atoms with Crippen molar-refractivity contribution in [1.29, 1.82) is 0 Å². The van der Waals surface area contributed by atoms with Crippen molar-refractivity contribution < 1.29 is 14.0 Å². The Morgan fingerprint density at radius 3 is 2.61 bits per heavy atom. The van der Waals surface area contributed by atoms with Gasteiger partial charge in [-0.2, -0.15) is 0 Å². The van der Waals surface area contributed by atoms with E-state index in [1.54, 1.807) is 12.1 Å². The van der Waals surface area contributed by atoms with Crippen LogP contribution >= 0.6 is 0 Å². The quantitative estimate of drug-likeness (QED) is 0.899. The van der Waals surface area contributed by atoms with Crippen LogP contribution in [0.1, 0.15) is 38.5 Å². The average molecular weight is 319 g/mol. The normalized spacial score (nSPS) is 22.2. The Kier molecular flexibility index (Phi) is 4.79. The number of carbonyl (C=O) groups excluding carboxylic acids is 2. The van der Waals surface area contributed by atoms with Gasteiger partial charge in [-0.05, 0) is 31.0 Å². The topological polar surface area (TPSA) is 61.4 Å². The van der Waals surface area contributed by atoms with Gasteiger partial charge in [0.15, 0.2) is 0 Å². The molecule has 5 nitrogen and oxygen atoms in total. The number of amides is 3. The highest BCUT2D eigenvalue weighted by Gasteiger charge is 2.32. The maximum absolute atomic E-state index is 13.3. The SMILES string of the molecule is O=C(NC1CCCCC1)NC1CC(=O)N(c2cccc(F)c2)C1. The molecule has 1 heterocycles. The molecule has 1 aromatic carbocycles. The number of nitrogens with one attached hydrogen (secondary N) is 2. The van der Waals surface area contributed by atoms with Crippen molar-refractivity contribution in [2.24, 2.45) is 0 Å². The monoisotopic (exact) mass is 319 g/mol. The highest BCUT2D eigenvalue weighted by molar-refractivity contribution is 5.96. The number of carbonyl (C=O) groups is 2. The van der Waals surface area contributed by atoms with E-state index in [-0.39, 0.29) is 36.3 Å². The van der Waals surface area contributed by atoms with Crippen molar-refractivity contribution in [2.75, 3.05) is 11.4 Å². The van der Waals surface area contributed by atoms with Crippen LogP contribution in [0.25, 0.3) is 0 Å². The van der Waals surface area contributed by atoms with Crippen LogP contribution < -0.4 is 15.5 Å². The van der Waals surface area contributed by atoms with Crippen molar-refractivity contribution in [3.8, 4) is 0 Å². The van der Waals surface area contributed by atoms with Gasteiger partial charge in [0.05, 0.1) is 6.04 Å². The summed E-state index contributed by atoms with van der Waals surface area (Å²) < 4.78 is 13.3. The van der Waals surface area contributed by atoms with Crippen LogP contribution in [0.3, 0.4) is 0 Å². The number of nitrogens with zero attached hydrogens (tertiary/aromatic N) is 1. The summed E-state index contributed by atoms with van der Waals surface area (Å²) in [6, 6.07) is 5.74. The fraction of sp³-hybridized carbons (Fsp3) is 0.529. The third-order valence-electron chi connectivity index (χ3n) is 4.52. The van der Waals surface area contributed by atoms with E-state index in [9.17, 15) is 14.0 Å². The molecule has 0 bridgehead atoms. The summed E-state index contributed by atoms with van der Waals surface area (Å²) in [6.07, 6.45) is 5.83. The summed E-state index contributed by atoms with van der Waals surface area (Å²) in [7, 11) is 0. The molecule has 23 heavy (non-hydrogen) atoms. The van der Waals surface area contributed by atoms with E-state index < -0.39 is 0 Å². The lowest BCUT2D eigenvalue weighted by atomic mass is 9.96. The van der Waals surface area contributed by atoms with E-state index in [1.165, 1.54) is 23.5 Å². The van der Waals surface area contributed by atoms with Crippen molar-refractivity contribution in [1.82, 2.24) is 10.6 Å². The minimum atomic E-state index is -0.373. The lowest BCUT2D eigenvalue weighted by Crippen LogP contribution is -2.47. The zero-order chi connectivity index (χ0) is 16.2. The van der Waals surface area contributed by atoms with Crippen LogP contribution in [0.4, 0.5) is 14.9 Å².